The maximum absolute atomic E-state index is 5.56. The van der Waals surface area contributed by atoms with Crippen LogP contribution >= 0.6 is 59.3 Å². The summed E-state index contributed by atoms with van der Waals surface area (Å²) >= 11 is 27.4. The Morgan fingerprint density at radius 1 is 0.609 bits per heavy atom. The minimum atomic E-state index is 0.0466. The van der Waals surface area contributed by atoms with Crippen molar-refractivity contribution in [1.82, 2.24) is 0 Å². The molecule has 0 bridgehead atoms. The molecule has 0 amide bonds. The van der Waals surface area contributed by atoms with Crippen molar-refractivity contribution in [1.29, 1.82) is 0 Å². The molecular weight excluding hydrogens is 413 g/mol. The van der Waals surface area contributed by atoms with Crippen LogP contribution in [-0.4, -0.2) is 0 Å². The number of rotatable bonds is 5. The molecule has 2 aromatic rings. The summed E-state index contributed by atoms with van der Waals surface area (Å²) in [5.41, 5.74) is 2.93. The molecular formula is C13H5Cl5O5. The van der Waals surface area contributed by atoms with Crippen LogP contribution in [-0.2, 0) is 6.42 Å². The maximum Gasteiger partial charge on any atom is 0.234 e. The third-order valence-electron chi connectivity index (χ3n) is 3.57. The fraction of sp³-hybridized carbons (Fsp3) is 0.0769. The molecule has 0 radical (unpaired) electrons. The van der Waals surface area contributed by atoms with Crippen LogP contribution in [0.5, 0.6) is 28.7 Å². The predicted molar refractivity (Wildman–Crippen MR) is 87.1 cm³/mol. The molecule has 0 spiro atoms. The monoisotopic (exact) mass is 416 g/mol. The standard InChI is InChI=1S/C13H5Cl5O5/c14-19-9-2-1-5-6-4-10(20-15)13(23-18)12(22-17)8(6)3-7(5)11(9)21-16/h1-2,4H,3H2. The summed E-state index contributed by atoms with van der Waals surface area (Å²) in [5, 5.41) is 0. The molecule has 1 aliphatic carbocycles. The van der Waals surface area contributed by atoms with Crippen molar-refractivity contribution < 1.29 is 21.4 Å². The molecule has 23 heavy (non-hydrogen) atoms. The lowest BCUT2D eigenvalue weighted by Crippen LogP contribution is -1.93. The lowest BCUT2D eigenvalue weighted by Gasteiger charge is -2.11. The summed E-state index contributed by atoms with van der Waals surface area (Å²) in [4.78, 5) is 0. The Kier molecular flexibility index (Phi) is 4.94. The molecule has 0 saturated heterocycles. The van der Waals surface area contributed by atoms with Crippen molar-refractivity contribution in [3.05, 3.63) is 29.3 Å². The van der Waals surface area contributed by atoms with Crippen LogP contribution in [0.25, 0.3) is 11.1 Å². The van der Waals surface area contributed by atoms with Crippen LogP contribution in [0.2, 0.25) is 0 Å². The largest absolute Gasteiger partial charge is 0.382 e. The van der Waals surface area contributed by atoms with E-state index in [1.54, 1.807) is 18.2 Å². The molecule has 0 unspecified atom stereocenters. The third kappa shape index (κ3) is 2.57. The highest BCUT2D eigenvalue weighted by Crippen LogP contribution is 2.54. The van der Waals surface area contributed by atoms with Crippen molar-refractivity contribution in [2.75, 3.05) is 0 Å². The smallest absolute Gasteiger partial charge is 0.234 e. The Labute approximate surface area is 156 Å². The molecule has 0 N–H and O–H groups in total. The first-order valence-corrected chi connectivity index (χ1v) is 7.53. The zero-order chi connectivity index (χ0) is 16.6. The van der Waals surface area contributed by atoms with Gasteiger partial charge in [0.05, 0.1) is 0 Å². The van der Waals surface area contributed by atoms with E-state index in [0.29, 0.717) is 12.0 Å². The van der Waals surface area contributed by atoms with E-state index in [1.165, 1.54) is 0 Å². The van der Waals surface area contributed by atoms with E-state index in [0.717, 1.165) is 16.7 Å². The average molecular weight is 418 g/mol. The van der Waals surface area contributed by atoms with E-state index in [4.69, 9.17) is 80.8 Å². The Balaban J connectivity index is 2.27. The second-order valence-electron chi connectivity index (χ2n) is 4.54. The van der Waals surface area contributed by atoms with Gasteiger partial charge in [-0.15, -0.1) is 0 Å². The van der Waals surface area contributed by atoms with Gasteiger partial charge in [-0.25, -0.2) is 0 Å². The summed E-state index contributed by atoms with van der Waals surface area (Å²) in [5.74, 6) is 0.891. The van der Waals surface area contributed by atoms with Crippen LogP contribution in [0.15, 0.2) is 18.2 Å². The fourth-order valence-electron chi connectivity index (χ4n) is 2.64. The summed E-state index contributed by atoms with van der Waals surface area (Å²) in [6, 6.07) is 5.01. The van der Waals surface area contributed by atoms with E-state index in [9.17, 15) is 0 Å². The highest BCUT2D eigenvalue weighted by Gasteiger charge is 2.32. The van der Waals surface area contributed by atoms with E-state index in [2.05, 4.69) is 0 Å². The predicted octanol–water partition coefficient (Wildman–Crippen LogP) is 5.92. The van der Waals surface area contributed by atoms with Gasteiger partial charge in [-0.3, -0.25) is 0 Å². The first kappa shape index (κ1) is 16.7. The van der Waals surface area contributed by atoms with Gasteiger partial charge in [0, 0.05) is 17.5 Å². The lowest BCUT2D eigenvalue weighted by molar-refractivity contribution is 0.503. The summed E-state index contributed by atoms with van der Waals surface area (Å²) in [6.07, 6.45) is 0.360. The number of fused-ring (bicyclic) bond motifs is 3. The number of hydrogen-bond donors (Lipinski definition) is 0. The Morgan fingerprint density at radius 3 is 1.78 bits per heavy atom. The van der Waals surface area contributed by atoms with Gasteiger partial charge in [0.2, 0.25) is 5.75 Å². The zero-order valence-electron chi connectivity index (χ0n) is 10.9. The van der Waals surface area contributed by atoms with Gasteiger partial charge in [-0.2, -0.15) is 0 Å². The van der Waals surface area contributed by atoms with Crippen LogP contribution in [0.3, 0.4) is 0 Å². The van der Waals surface area contributed by atoms with Crippen LogP contribution in [0, 0.1) is 0 Å². The molecule has 0 heterocycles. The summed E-state index contributed by atoms with van der Waals surface area (Å²) < 4.78 is 23.9. The van der Waals surface area contributed by atoms with Crippen LogP contribution in [0.4, 0.5) is 0 Å². The molecule has 1 aliphatic rings. The first-order chi connectivity index (χ1) is 11.2. The van der Waals surface area contributed by atoms with E-state index < -0.39 is 0 Å². The number of benzene rings is 2. The molecule has 3 rings (SSSR count). The van der Waals surface area contributed by atoms with Gasteiger partial charge in [-0.05, 0) is 23.3 Å². The second-order valence-corrected chi connectivity index (χ2v) is 5.31. The summed E-state index contributed by atoms with van der Waals surface area (Å²) in [7, 11) is 0. The molecule has 0 atom stereocenters. The topological polar surface area (TPSA) is 46.2 Å². The van der Waals surface area contributed by atoms with Gasteiger partial charge in [0.1, 0.15) is 59.3 Å². The fourth-order valence-corrected chi connectivity index (χ4v) is 3.35. The molecule has 122 valence electrons. The zero-order valence-corrected chi connectivity index (χ0v) is 14.6. The molecule has 2 aromatic carbocycles. The van der Waals surface area contributed by atoms with E-state index >= 15 is 0 Å². The highest BCUT2D eigenvalue weighted by molar-refractivity contribution is 6.13. The van der Waals surface area contributed by atoms with Crippen molar-refractivity contribution in [3.8, 4) is 39.9 Å². The van der Waals surface area contributed by atoms with Crippen molar-refractivity contribution in [2.24, 2.45) is 0 Å². The molecule has 0 aliphatic heterocycles. The number of hydrogen-bond acceptors (Lipinski definition) is 5. The minimum absolute atomic E-state index is 0.0466. The average Bonchev–Trinajstić information content (AvgIpc) is 2.96. The van der Waals surface area contributed by atoms with Gasteiger partial charge < -0.3 is 21.4 Å². The Bertz CT molecular complexity index is 767. The molecule has 5 nitrogen and oxygen atoms in total. The van der Waals surface area contributed by atoms with Gasteiger partial charge >= 0.3 is 0 Å². The summed E-state index contributed by atoms with van der Waals surface area (Å²) in [6.45, 7) is 0. The van der Waals surface area contributed by atoms with E-state index in [-0.39, 0.29) is 28.7 Å². The van der Waals surface area contributed by atoms with Crippen molar-refractivity contribution in [2.45, 2.75) is 6.42 Å². The van der Waals surface area contributed by atoms with Gasteiger partial charge in [0.15, 0.2) is 23.0 Å². The molecule has 0 aromatic heterocycles. The van der Waals surface area contributed by atoms with E-state index in [1.807, 2.05) is 0 Å². The van der Waals surface area contributed by atoms with Gasteiger partial charge in [-0.1, -0.05) is 6.07 Å². The normalized spacial score (nSPS) is 11.5. The maximum atomic E-state index is 5.56. The van der Waals surface area contributed by atoms with Crippen molar-refractivity contribution >= 4 is 59.3 Å². The third-order valence-corrected chi connectivity index (χ3v) is 4.37. The second kappa shape index (κ2) is 6.79. The van der Waals surface area contributed by atoms with Crippen LogP contribution in [0.1, 0.15) is 11.1 Å². The Hall–Kier alpha value is -1.11. The van der Waals surface area contributed by atoms with Gasteiger partial charge in [0.25, 0.3) is 0 Å². The highest BCUT2D eigenvalue weighted by atomic mass is 35.5. The number of halogens is 5. The molecule has 10 heteroatoms. The van der Waals surface area contributed by atoms with Crippen LogP contribution < -0.4 is 21.4 Å². The molecule has 0 fully saturated rings. The Morgan fingerprint density at radius 2 is 1.22 bits per heavy atom. The molecule has 0 saturated carbocycles. The lowest BCUT2D eigenvalue weighted by atomic mass is 10.0. The quantitative estimate of drug-likeness (QED) is 0.515. The first-order valence-electron chi connectivity index (χ1n) is 5.99. The SMILES string of the molecule is ClOc1ccc2c(c1OCl)Cc1c-2cc(OCl)c(OCl)c1OCl. The van der Waals surface area contributed by atoms with Crippen molar-refractivity contribution in [3.63, 3.8) is 0 Å². The minimum Gasteiger partial charge on any atom is -0.382 e.